The molecular formula is C13H15N3. The number of rotatable bonds is 1. The Labute approximate surface area is 94.9 Å². The molecule has 3 heteroatoms. The second-order valence-electron chi connectivity index (χ2n) is 4.41. The minimum atomic E-state index is 0.818. The highest BCUT2D eigenvalue weighted by Gasteiger charge is 2.20. The lowest BCUT2D eigenvalue weighted by Gasteiger charge is -2.05. The van der Waals surface area contributed by atoms with Crippen LogP contribution in [0.4, 0.5) is 5.82 Å². The van der Waals surface area contributed by atoms with Gasteiger partial charge >= 0.3 is 0 Å². The van der Waals surface area contributed by atoms with E-state index in [1.807, 2.05) is 16.8 Å². The third-order valence-corrected chi connectivity index (χ3v) is 3.19. The Kier molecular flexibility index (Phi) is 1.99. The van der Waals surface area contributed by atoms with Gasteiger partial charge in [-0.15, -0.1) is 0 Å². The summed E-state index contributed by atoms with van der Waals surface area (Å²) >= 11 is 0. The first kappa shape index (κ1) is 9.46. The van der Waals surface area contributed by atoms with Crippen molar-refractivity contribution < 1.29 is 0 Å². The maximum Gasteiger partial charge on any atom is 0.130 e. The van der Waals surface area contributed by atoms with Crippen LogP contribution in [0.5, 0.6) is 0 Å². The zero-order valence-corrected chi connectivity index (χ0v) is 9.40. The molecule has 0 saturated heterocycles. The van der Waals surface area contributed by atoms with Crippen molar-refractivity contribution in [1.29, 1.82) is 0 Å². The van der Waals surface area contributed by atoms with Gasteiger partial charge in [-0.25, -0.2) is 4.68 Å². The first-order valence-electron chi connectivity index (χ1n) is 5.69. The zero-order valence-electron chi connectivity index (χ0n) is 9.40. The quantitative estimate of drug-likeness (QED) is 0.789. The molecule has 3 rings (SSSR count). The van der Waals surface area contributed by atoms with Gasteiger partial charge in [0.2, 0.25) is 0 Å². The molecule has 2 N–H and O–H groups in total. The van der Waals surface area contributed by atoms with Gasteiger partial charge in [0.25, 0.3) is 0 Å². The number of aryl methyl sites for hydroxylation is 2. The number of nitrogens with two attached hydrogens (primary N) is 1. The molecule has 0 spiro atoms. The zero-order chi connectivity index (χ0) is 11.1. The topological polar surface area (TPSA) is 43.8 Å². The molecule has 0 aliphatic heterocycles. The van der Waals surface area contributed by atoms with Gasteiger partial charge in [-0.1, -0.05) is 12.1 Å². The molecule has 0 unspecified atom stereocenters. The molecule has 0 amide bonds. The molecule has 0 fully saturated rings. The fourth-order valence-corrected chi connectivity index (χ4v) is 2.37. The van der Waals surface area contributed by atoms with Gasteiger partial charge in [0.15, 0.2) is 0 Å². The van der Waals surface area contributed by atoms with Crippen molar-refractivity contribution >= 4 is 5.82 Å². The summed E-state index contributed by atoms with van der Waals surface area (Å²) in [6, 6.07) is 8.28. The average molecular weight is 213 g/mol. The Balaban J connectivity index is 2.14. The third-order valence-electron chi connectivity index (χ3n) is 3.19. The number of fused-ring (bicyclic) bond motifs is 1. The summed E-state index contributed by atoms with van der Waals surface area (Å²) in [5.41, 5.74) is 10.9. The summed E-state index contributed by atoms with van der Waals surface area (Å²) in [5.74, 6) is 0.818. The van der Waals surface area contributed by atoms with E-state index in [9.17, 15) is 0 Å². The SMILES string of the molecule is Cc1cccc(-n2nc3c(c2N)CCC3)c1. The summed E-state index contributed by atoms with van der Waals surface area (Å²) in [7, 11) is 0. The first-order valence-corrected chi connectivity index (χ1v) is 5.69. The highest BCUT2D eigenvalue weighted by Crippen LogP contribution is 2.28. The van der Waals surface area contributed by atoms with Gasteiger partial charge in [-0.3, -0.25) is 0 Å². The smallest absolute Gasteiger partial charge is 0.130 e. The summed E-state index contributed by atoms with van der Waals surface area (Å²) in [5, 5.41) is 4.59. The van der Waals surface area contributed by atoms with E-state index < -0.39 is 0 Å². The van der Waals surface area contributed by atoms with Crippen molar-refractivity contribution in [3.63, 3.8) is 0 Å². The van der Waals surface area contributed by atoms with Gasteiger partial charge in [-0.05, 0) is 43.9 Å². The third kappa shape index (κ3) is 1.32. The van der Waals surface area contributed by atoms with Crippen molar-refractivity contribution in [3.8, 4) is 5.69 Å². The molecular weight excluding hydrogens is 198 g/mol. The molecule has 1 aromatic heterocycles. The van der Waals surface area contributed by atoms with Crippen LogP contribution in [0.2, 0.25) is 0 Å². The maximum atomic E-state index is 6.14. The fraction of sp³-hybridized carbons (Fsp3) is 0.308. The summed E-state index contributed by atoms with van der Waals surface area (Å²) < 4.78 is 1.87. The van der Waals surface area contributed by atoms with E-state index in [0.717, 1.165) is 24.3 Å². The van der Waals surface area contributed by atoms with E-state index in [0.29, 0.717) is 0 Å². The molecule has 0 radical (unpaired) electrons. The largest absolute Gasteiger partial charge is 0.383 e. The van der Waals surface area contributed by atoms with E-state index in [4.69, 9.17) is 5.73 Å². The molecule has 3 nitrogen and oxygen atoms in total. The summed E-state index contributed by atoms with van der Waals surface area (Å²) in [6.45, 7) is 2.08. The van der Waals surface area contributed by atoms with Gasteiger partial charge in [-0.2, -0.15) is 5.10 Å². The summed E-state index contributed by atoms with van der Waals surface area (Å²) in [6.07, 6.45) is 3.34. The van der Waals surface area contributed by atoms with Crippen molar-refractivity contribution in [3.05, 3.63) is 41.1 Å². The second-order valence-corrected chi connectivity index (χ2v) is 4.41. The molecule has 82 valence electrons. The standard InChI is InChI=1S/C13H15N3/c1-9-4-2-5-10(8-9)16-13(14)11-6-3-7-12(11)15-16/h2,4-5,8H,3,6-7,14H2,1H3. The van der Waals surface area contributed by atoms with Crippen LogP contribution in [0.3, 0.4) is 0 Å². The van der Waals surface area contributed by atoms with Gasteiger partial charge < -0.3 is 5.73 Å². The van der Waals surface area contributed by atoms with Crippen LogP contribution in [-0.4, -0.2) is 9.78 Å². The first-order chi connectivity index (χ1) is 7.75. The molecule has 0 bridgehead atoms. The van der Waals surface area contributed by atoms with Crippen LogP contribution in [0.1, 0.15) is 23.2 Å². The molecule has 16 heavy (non-hydrogen) atoms. The average Bonchev–Trinajstić information content (AvgIpc) is 2.82. The molecule has 0 saturated carbocycles. The Morgan fingerprint density at radius 2 is 2.19 bits per heavy atom. The second kappa shape index (κ2) is 3.37. The Morgan fingerprint density at radius 1 is 1.31 bits per heavy atom. The lowest BCUT2D eigenvalue weighted by Crippen LogP contribution is -2.03. The van der Waals surface area contributed by atoms with Crippen molar-refractivity contribution in [2.24, 2.45) is 0 Å². The van der Waals surface area contributed by atoms with Gasteiger partial charge in [0, 0.05) is 5.56 Å². The number of hydrogen-bond donors (Lipinski definition) is 1. The molecule has 1 heterocycles. The molecule has 1 aliphatic carbocycles. The molecule has 2 aromatic rings. The van der Waals surface area contributed by atoms with Gasteiger partial charge in [0.05, 0.1) is 11.4 Å². The van der Waals surface area contributed by atoms with E-state index in [1.54, 1.807) is 0 Å². The monoisotopic (exact) mass is 213 g/mol. The molecule has 1 aliphatic rings. The van der Waals surface area contributed by atoms with Crippen molar-refractivity contribution in [2.45, 2.75) is 26.2 Å². The minimum Gasteiger partial charge on any atom is -0.383 e. The highest BCUT2D eigenvalue weighted by atomic mass is 15.3. The van der Waals surface area contributed by atoms with E-state index in [2.05, 4.69) is 24.2 Å². The van der Waals surface area contributed by atoms with Crippen molar-refractivity contribution in [1.82, 2.24) is 9.78 Å². The molecule has 1 aromatic carbocycles. The van der Waals surface area contributed by atoms with Crippen LogP contribution < -0.4 is 5.73 Å². The Bertz CT molecular complexity index is 540. The van der Waals surface area contributed by atoms with E-state index in [-0.39, 0.29) is 0 Å². The van der Waals surface area contributed by atoms with E-state index >= 15 is 0 Å². The number of nitrogens with zero attached hydrogens (tertiary/aromatic N) is 2. The van der Waals surface area contributed by atoms with Crippen LogP contribution in [0.25, 0.3) is 5.69 Å². The van der Waals surface area contributed by atoms with Gasteiger partial charge in [0.1, 0.15) is 5.82 Å². The minimum absolute atomic E-state index is 0.818. The number of aromatic nitrogens is 2. The maximum absolute atomic E-state index is 6.14. The van der Waals surface area contributed by atoms with Crippen LogP contribution >= 0.6 is 0 Å². The van der Waals surface area contributed by atoms with Crippen LogP contribution in [0, 0.1) is 6.92 Å². The Morgan fingerprint density at radius 3 is 2.94 bits per heavy atom. The number of nitrogen functional groups attached to an aromatic ring is 1. The Hall–Kier alpha value is -1.77. The van der Waals surface area contributed by atoms with E-state index in [1.165, 1.54) is 23.2 Å². The number of benzene rings is 1. The number of hydrogen-bond acceptors (Lipinski definition) is 2. The molecule has 0 atom stereocenters. The van der Waals surface area contributed by atoms with Crippen molar-refractivity contribution in [2.75, 3.05) is 5.73 Å². The summed E-state index contributed by atoms with van der Waals surface area (Å²) in [4.78, 5) is 0. The fourth-order valence-electron chi connectivity index (χ4n) is 2.37. The lowest BCUT2D eigenvalue weighted by molar-refractivity contribution is 0.808. The van der Waals surface area contributed by atoms with Crippen LogP contribution in [0.15, 0.2) is 24.3 Å². The predicted molar refractivity (Wildman–Crippen MR) is 64.7 cm³/mol. The highest BCUT2D eigenvalue weighted by molar-refractivity contribution is 5.52. The predicted octanol–water partition coefficient (Wildman–Crippen LogP) is 2.25. The lowest BCUT2D eigenvalue weighted by atomic mass is 10.2. The number of anilines is 1. The normalized spacial score (nSPS) is 14.1. The van der Waals surface area contributed by atoms with Crippen LogP contribution in [-0.2, 0) is 12.8 Å².